The molecule has 0 saturated carbocycles. The molecule has 26 heavy (non-hydrogen) atoms. The molecule has 5 nitrogen and oxygen atoms in total. The van der Waals surface area contributed by atoms with Crippen molar-refractivity contribution in [3.8, 4) is 5.75 Å². The Kier molecular flexibility index (Phi) is 6.78. The second-order valence-electron chi connectivity index (χ2n) is 5.90. The number of rotatable bonds is 7. The first-order valence-electron chi connectivity index (χ1n) is 8.77. The Bertz CT molecular complexity index is 763. The standard InChI is InChI=1S/C21H25NO4/c1-5-15-10-9-11-16(6-2)19(15)22-20(23)14(3)26-21(24)17-12-7-8-13-18(17)25-4/h7-14H,5-6H2,1-4H3,(H,22,23)/t14-/m1/s1. The largest absolute Gasteiger partial charge is 0.496 e. The van der Waals surface area contributed by atoms with Gasteiger partial charge < -0.3 is 14.8 Å². The lowest BCUT2D eigenvalue weighted by atomic mass is 10.0. The molecule has 1 atom stereocenters. The lowest BCUT2D eigenvalue weighted by molar-refractivity contribution is -0.123. The second kappa shape index (κ2) is 9.04. The van der Waals surface area contributed by atoms with E-state index in [4.69, 9.17) is 9.47 Å². The Morgan fingerprint density at radius 2 is 1.62 bits per heavy atom. The third-order valence-corrected chi connectivity index (χ3v) is 4.23. The van der Waals surface area contributed by atoms with Crippen LogP contribution in [0.3, 0.4) is 0 Å². The van der Waals surface area contributed by atoms with E-state index in [-0.39, 0.29) is 11.5 Å². The number of carbonyl (C=O) groups excluding carboxylic acids is 2. The van der Waals surface area contributed by atoms with Gasteiger partial charge in [-0.05, 0) is 43.0 Å². The Morgan fingerprint density at radius 3 is 2.19 bits per heavy atom. The molecule has 0 bridgehead atoms. The maximum atomic E-state index is 12.6. The third kappa shape index (κ3) is 4.42. The topological polar surface area (TPSA) is 64.6 Å². The zero-order valence-corrected chi connectivity index (χ0v) is 15.7. The molecule has 0 fully saturated rings. The van der Waals surface area contributed by atoms with Gasteiger partial charge in [0.15, 0.2) is 6.10 Å². The molecule has 5 heteroatoms. The number of nitrogens with one attached hydrogen (secondary N) is 1. The Morgan fingerprint density at radius 1 is 1.00 bits per heavy atom. The van der Waals surface area contributed by atoms with Gasteiger partial charge >= 0.3 is 5.97 Å². The molecule has 0 aliphatic heterocycles. The van der Waals surface area contributed by atoms with E-state index < -0.39 is 12.1 Å². The van der Waals surface area contributed by atoms with Crippen LogP contribution in [0.5, 0.6) is 5.75 Å². The van der Waals surface area contributed by atoms with Gasteiger partial charge in [0.1, 0.15) is 11.3 Å². The lowest BCUT2D eigenvalue weighted by Crippen LogP contribution is -2.30. The molecule has 1 amide bonds. The van der Waals surface area contributed by atoms with Crippen molar-refractivity contribution in [2.24, 2.45) is 0 Å². The van der Waals surface area contributed by atoms with E-state index in [1.165, 1.54) is 7.11 Å². The Hall–Kier alpha value is -2.82. The number of aryl methyl sites for hydroxylation is 2. The highest BCUT2D eigenvalue weighted by molar-refractivity contribution is 5.99. The molecule has 2 aromatic carbocycles. The summed E-state index contributed by atoms with van der Waals surface area (Å²) in [7, 11) is 1.48. The van der Waals surface area contributed by atoms with E-state index >= 15 is 0 Å². The van der Waals surface area contributed by atoms with Crippen molar-refractivity contribution in [3.63, 3.8) is 0 Å². The van der Waals surface area contributed by atoms with E-state index in [2.05, 4.69) is 5.32 Å². The fraction of sp³-hybridized carbons (Fsp3) is 0.333. The smallest absolute Gasteiger partial charge is 0.342 e. The maximum Gasteiger partial charge on any atom is 0.342 e. The van der Waals surface area contributed by atoms with Crippen molar-refractivity contribution in [2.45, 2.75) is 39.7 Å². The molecule has 0 aromatic heterocycles. The van der Waals surface area contributed by atoms with Crippen LogP contribution in [0.1, 0.15) is 42.3 Å². The summed E-state index contributed by atoms with van der Waals surface area (Å²) in [5, 5.41) is 2.92. The van der Waals surface area contributed by atoms with Crippen LogP contribution in [-0.4, -0.2) is 25.1 Å². The van der Waals surface area contributed by atoms with Crippen LogP contribution in [0.4, 0.5) is 5.69 Å². The lowest BCUT2D eigenvalue weighted by Gasteiger charge is -2.18. The highest BCUT2D eigenvalue weighted by Crippen LogP contribution is 2.23. The van der Waals surface area contributed by atoms with Crippen LogP contribution in [0.25, 0.3) is 0 Å². The van der Waals surface area contributed by atoms with Crippen LogP contribution in [0.2, 0.25) is 0 Å². The Balaban J connectivity index is 2.12. The van der Waals surface area contributed by atoms with Crippen molar-refractivity contribution in [1.82, 2.24) is 0 Å². The van der Waals surface area contributed by atoms with Crippen LogP contribution in [0.15, 0.2) is 42.5 Å². The minimum Gasteiger partial charge on any atom is -0.496 e. The third-order valence-electron chi connectivity index (χ3n) is 4.23. The molecule has 0 aliphatic carbocycles. The van der Waals surface area contributed by atoms with Crippen LogP contribution < -0.4 is 10.1 Å². The van der Waals surface area contributed by atoms with Gasteiger partial charge in [-0.25, -0.2) is 4.79 Å². The summed E-state index contributed by atoms with van der Waals surface area (Å²) in [6.45, 7) is 5.63. The summed E-state index contributed by atoms with van der Waals surface area (Å²) < 4.78 is 10.5. The maximum absolute atomic E-state index is 12.6. The summed E-state index contributed by atoms with van der Waals surface area (Å²) in [6.07, 6.45) is 0.680. The predicted molar refractivity (Wildman–Crippen MR) is 102 cm³/mol. The molecular weight excluding hydrogens is 330 g/mol. The first-order valence-corrected chi connectivity index (χ1v) is 8.77. The van der Waals surface area contributed by atoms with Crippen molar-refractivity contribution < 1.29 is 19.1 Å². The number of benzene rings is 2. The van der Waals surface area contributed by atoms with Crippen LogP contribution >= 0.6 is 0 Å². The predicted octanol–water partition coefficient (Wildman–Crippen LogP) is 4.00. The van der Waals surface area contributed by atoms with Gasteiger partial charge in [-0.15, -0.1) is 0 Å². The highest BCUT2D eigenvalue weighted by atomic mass is 16.5. The van der Waals surface area contributed by atoms with Gasteiger partial charge in [-0.1, -0.05) is 44.2 Å². The van der Waals surface area contributed by atoms with E-state index in [0.29, 0.717) is 5.75 Å². The van der Waals surface area contributed by atoms with Crippen molar-refractivity contribution in [2.75, 3.05) is 12.4 Å². The number of hydrogen-bond donors (Lipinski definition) is 1. The van der Waals surface area contributed by atoms with Gasteiger partial charge in [-0.3, -0.25) is 4.79 Å². The molecular formula is C21H25NO4. The number of esters is 1. The zero-order valence-electron chi connectivity index (χ0n) is 15.7. The number of carbonyl (C=O) groups is 2. The minimum absolute atomic E-state index is 0.290. The average Bonchev–Trinajstić information content (AvgIpc) is 2.67. The van der Waals surface area contributed by atoms with Crippen LogP contribution in [0, 0.1) is 0 Å². The summed E-state index contributed by atoms with van der Waals surface area (Å²) in [6, 6.07) is 12.7. The molecule has 0 aliphatic rings. The molecule has 0 unspecified atom stereocenters. The van der Waals surface area contributed by atoms with E-state index in [1.54, 1.807) is 31.2 Å². The van der Waals surface area contributed by atoms with Crippen molar-refractivity contribution in [3.05, 3.63) is 59.2 Å². The first-order chi connectivity index (χ1) is 12.5. The summed E-state index contributed by atoms with van der Waals surface area (Å²) in [5.74, 6) is -0.539. The zero-order chi connectivity index (χ0) is 19.1. The molecule has 2 rings (SSSR count). The summed E-state index contributed by atoms with van der Waals surface area (Å²) in [4.78, 5) is 24.9. The van der Waals surface area contributed by atoms with Crippen molar-refractivity contribution in [1.29, 1.82) is 0 Å². The first kappa shape index (κ1) is 19.5. The normalized spacial score (nSPS) is 11.5. The van der Waals surface area contributed by atoms with Crippen LogP contribution in [-0.2, 0) is 22.4 Å². The van der Waals surface area contributed by atoms with Gasteiger partial charge in [0.2, 0.25) is 0 Å². The monoisotopic (exact) mass is 355 g/mol. The SMILES string of the molecule is CCc1cccc(CC)c1NC(=O)[C@@H](C)OC(=O)c1ccccc1OC. The fourth-order valence-corrected chi connectivity index (χ4v) is 2.72. The second-order valence-corrected chi connectivity index (χ2v) is 5.90. The number of ether oxygens (including phenoxy) is 2. The molecule has 1 N–H and O–H groups in total. The molecule has 138 valence electrons. The summed E-state index contributed by atoms with van der Waals surface area (Å²) in [5.41, 5.74) is 3.21. The van der Waals surface area contributed by atoms with Gasteiger partial charge in [-0.2, -0.15) is 0 Å². The van der Waals surface area contributed by atoms with Gasteiger partial charge in [0, 0.05) is 5.69 Å². The number of para-hydroxylation sites is 2. The molecule has 0 heterocycles. The number of anilines is 1. The summed E-state index contributed by atoms with van der Waals surface area (Å²) >= 11 is 0. The van der Waals surface area contributed by atoms with E-state index in [9.17, 15) is 9.59 Å². The van der Waals surface area contributed by atoms with Crippen molar-refractivity contribution >= 4 is 17.6 Å². The number of amides is 1. The quantitative estimate of drug-likeness (QED) is 0.762. The van der Waals surface area contributed by atoms with Gasteiger partial charge in [0.05, 0.1) is 7.11 Å². The highest BCUT2D eigenvalue weighted by Gasteiger charge is 2.22. The number of methoxy groups -OCH3 is 1. The molecule has 0 spiro atoms. The molecule has 0 radical (unpaired) electrons. The molecule has 0 saturated heterocycles. The van der Waals surface area contributed by atoms with E-state index in [1.807, 2.05) is 32.0 Å². The van der Waals surface area contributed by atoms with Gasteiger partial charge in [0.25, 0.3) is 5.91 Å². The Labute approximate surface area is 154 Å². The fourth-order valence-electron chi connectivity index (χ4n) is 2.72. The van der Waals surface area contributed by atoms with E-state index in [0.717, 1.165) is 29.7 Å². The average molecular weight is 355 g/mol. The molecule has 2 aromatic rings. The minimum atomic E-state index is -0.929. The number of hydrogen-bond acceptors (Lipinski definition) is 4.